The summed E-state index contributed by atoms with van der Waals surface area (Å²) in [6.45, 7) is 1.82. The Morgan fingerprint density at radius 3 is 2.94 bits per heavy atom. The summed E-state index contributed by atoms with van der Waals surface area (Å²) in [5.41, 5.74) is 3.10. The first-order chi connectivity index (χ1) is 8.72. The molecule has 0 saturated carbocycles. The van der Waals surface area contributed by atoms with Gasteiger partial charge in [-0.25, -0.2) is 0 Å². The number of benzene rings is 1. The van der Waals surface area contributed by atoms with Crippen molar-refractivity contribution in [1.82, 2.24) is 9.47 Å². The lowest BCUT2D eigenvalue weighted by Gasteiger charge is -2.26. The number of para-hydroxylation sites is 1. The van der Waals surface area contributed by atoms with Gasteiger partial charge in [-0.3, -0.25) is 9.69 Å². The lowest BCUT2D eigenvalue weighted by Crippen LogP contribution is -2.31. The van der Waals surface area contributed by atoms with Crippen LogP contribution in [0.5, 0.6) is 0 Å². The van der Waals surface area contributed by atoms with Crippen molar-refractivity contribution in [3.63, 3.8) is 0 Å². The highest BCUT2D eigenvalue weighted by molar-refractivity contribution is 6.32. The lowest BCUT2D eigenvalue weighted by molar-refractivity contribution is 0.102. The first kappa shape index (κ1) is 11.8. The van der Waals surface area contributed by atoms with E-state index in [1.54, 1.807) is 0 Å². The number of aromatic nitrogens is 1. The smallest absolute Gasteiger partial charge is 0.180 e. The van der Waals surface area contributed by atoms with Crippen molar-refractivity contribution in [2.24, 2.45) is 0 Å². The molecule has 0 spiro atoms. The van der Waals surface area contributed by atoms with Crippen LogP contribution in [0.15, 0.2) is 24.3 Å². The van der Waals surface area contributed by atoms with Crippen LogP contribution >= 0.6 is 11.6 Å². The van der Waals surface area contributed by atoms with E-state index in [0.717, 1.165) is 41.8 Å². The van der Waals surface area contributed by atoms with Crippen LogP contribution in [0, 0.1) is 0 Å². The topological polar surface area (TPSA) is 25.2 Å². The molecule has 2 aromatic rings. The highest BCUT2D eigenvalue weighted by Crippen LogP contribution is 2.29. The van der Waals surface area contributed by atoms with Crippen molar-refractivity contribution in [1.29, 1.82) is 0 Å². The largest absolute Gasteiger partial charge is 0.330 e. The number of hydrogen-bond donors (Lipinski definition) is 0. The Balaban J connectivity index is 2.31. The Hall–Kier alpha value is -1.32. The zero-order valence-corrected chi connectivity index (χ0v) is 11.1. The van der Waals surface area contributed by atoms with Crippen molar-refractivity contribution in [2.75, 3.05) is 19.5 Å². The van der Waals surface area contributed by atoms with E-state index in [1.165, 1.54) is 0 Å². The number of hydrogen-bond acceptors (Lipinski definition) is 2. The van der Waals surface area contributed by atoms with Gasteiger partial charge in [0.05, 0.1) is 18.1 Å². The second-order valence-corrected chi connectivity index (χ2v) is 5.06. The SMILES string of the molecule is CN1CCc2c(C(=O)CCl)c3ccccc3n2C1. The molecular weight excluding hydrogens is 248 g/mol. The van der Waals surface area contributed by atoms with Gasteiger partial charge in [-0.15, -0.1) is 11.6 Å². The number of alkyl halides is 1. The van der Waals surface area contributed by atoms with E-state index in [9.17, 15) is 4.79 Å². The molecule has 0 saturated heterocycles. The number of likely N-dealkylation sites (N-methyl/N-ethyl adjacent to an activating group) is 1. The number of Topliss-reactive ketones (excluding diaryl/α,β-unsaturated/α-hetero) is 1. The number of fused-ring (bicyclic) bond motifs is 3. The zero-order valence-electron chi connectivity index (χ0n) is 10.3. The molecule has 0 amide bonds. The van der Waals surface area contributed by atoms with Crippen LogP contribution in [0.3, 0.4) is 0 Å². The van der Waals surface area contributed by atoms with E-state index >= 15 is 0 Å². The van der Waals surface area contributed by atoms with E-state index in [-0.39, 0.29) is 11.7 Å². The highest BCUT2D eigenvalue weighted by Gasteiger charge is 2.24. The van der Waals surface area contributed by atoms with Crippen LogP contribution < -0.4 is 0 Å². The molecule has 4 heteroatoms. The summed E-state index contributed by atoms with van der Waals surface area (Å²) < 4.78 is 2.23. The summed E-state index contributed by atoms with van der Waals surface area (Å²) in [5.74, 6) is 0.0859. The third-order valence-corrected chi connectivity index (χ3v) is 3.83. The molecule has 3 rings (SSSR count). The fourth-order valence-corrected chi connectivity index (χ4v) is 2.90. The second-order valence-electron chi connectivity index (χ2n) is 4.79. The monoisotopic (exact) mass is 262 g/mol. The number of rotatable bonds is 2. The zero-order chi connectivity index (χ0) is 12.7. The minimum absolute atomic E-state index is 0.0335. The molecule has 0 radical (unpaired) electrons. The molecular formula is C14H15ClN2O. The molecule has 18 heavy (non-hydrogen) atoms. The number of carbonyl (C=O) groups is 1. The van der Waals surface area contributed by atoms with Crippen molar-refractivity contribution >= 4 is 28.3 Å². The third-order valence-electron chi connectivity index (χ3n) is 3.59. The Kier molecular flexibility index (Phi) is 2.88. The lowest BCUT2D eigenvalue weighted by atomic mass is 10.1. The predicted molar refractivity (Wildman–Crippen MR) is 73.3 cm³/mol. The molecule has 3 nitrogen and oxygen atoms in total. The molecule has 0 fully saturated rings. The Morgan fingerprint density at radius 2 is 2.17 bits per heavy atom. The molecule has 1 aromatic carbocycles. The first-order valence-corrected chi connectivity index (χ1v) is 6.63. The van der Waals surface area contributed by atoms with Crippen molar-refractivity contribution in [3.8, 4) is 0 Å². The van der Waals surface area contributed by atoms with Crippen LogP contribution in [0.4, 0.5) is 0 Å². The van der Waals surface area contributed by atoms with Crippen LogP contribution in [0.2, 0.25) is 0 Å². The maximum atomic E-state index is 12.1. The molecule has 2 heterocycles. The Bertz CT molecular complexity index is 618. The molecule has 0 bridgehead atoms. The summed E-state index contributed by atoms with van der Waals surface area (Å²) in [6, 6.07) is 8.08. The third kappa shape index (κ3) is 1.66. The molecule has 1 aliphatic heterocycles. The number of nitrogens with zero attached hydrogens (tertiary/aromatic N) is 2. The molecule has 0 atom stereocenters. The maximum Gasteiger partial charge on any atom is 0.180 e. The minimum Gasteiger partial charge on any atom is -0.330 e. The molecule has 0 aliphatic carbocycles. The van der Waals surface area contributed by atoms with Crippen LogP contribution in [-0.4, -0.2) is 34.7 Å². The quantitative estimate of drug-likeness (QED) is 0.614. The van der Waals surface area contributed by atoms with Gasteiger partial charge < -0.3 is 4.57 Å². The molecule has 1 aliphatic rings. The van der Waals surface area contributed by atoms with E-state index < -0.39 is 0 Å². The van der Waals surface area contributed by atoms with Crippen molar-refractivity contribution < 1.29 is 4.79 Å². The second kappa shape index (κ2) is 4.41. The Morgan fingerprint density at radius 1 is 1.39 bits per heavy atom. The summed E-state index contributed by atoms with van der Waals surface area (Å²) in [4.78, 5) is 14.3. The van der Waals surface area contributed by atoms with Crippen molar-refractivity contribution in [3.05, 3.63) is 35.5 Å². The maximum absolute atomic E-state index is 12.1. The first-order valence-electron chi connectivity index (χ1n) is 6.10. The van der Waals surface area contributed by atoms with Gasteiger partial charge in [0.25, 0.3) is 0 Å². The van der Waals surface area contributed by atoms with Crippen molar-refractivity contribution in [2.45, 2.75) is 13.1 Å². The van der Waals surface area contributed by atoms with Gasteiger partial charge in [-0.05, 0) is 13.1 Å². The average molecular weight is 263 g/mol. The molecule has 1 aromatic heterocycles. The minimum atomic E-state index is 0.0335. The van der Waals surface area contributed by atoms with Gasteiger partial charge in [0, 0.05) is 29.6 Å². The van der Waals surface area contributed by atoms with Gasteiger partial charge in [0.1, 0.15) is 0 Å². The number of carbonyl (C=O) groups excluding carboxylic acids is 1. The fourth-order valence-electron chi connectivity index (χ4n) is 2.76. The summed E-state index contributed by atoms with van der Waals surface area (Å²) in [7, 11) is 2.10. The van der Waals surface area contributed by atoms with Gasteiger partial charge in [0.2, 0.25) is 0 Å². The normalized spacial score (nSPS) is 15.9. The fraction of sp³-hybridized carbons (Fsp3) is 0.357. The highest BCUT2D eigenvalue weighted by atomic mass is 35.5. The molecule has 94 valence electrons. The number of halogens is 1. The van der Waals surface area contributed by atoms with E-state index in [1.807, 2.05) is 18.2 Å². The standard InChI is InChI=1S/C14H15ClN2O/c1-16-7-6-12-14(13(18)8-15)10-4-2-3-5-11(10)17(12)9-16/h2-5H,6-9H2,1H3. The van der Waals surface area contributed by atoms with E-state index in [0.29, 0.717) is 0 Å². The average Bonchev–Trinajstić information content (AvgIpc) is 2.72. The van der Waals surface area contributed by atoms with E-state index in [2.05, 4.69) is 22.6 Å². The summed E-state index contributed by atoms with van der Waals surface area (Å²) in [5, 5.41) is 1.04. The molecule has 0 N–H and O–H groups in total. The molecule has 0 unspecified atom stereocenters. The van der Waals surface area contributed by atoms with Crippen LogP contribution in [0.1, 0.15) is 16.1 Å². The van der Waals surface area contributed by atoms with Gasteiger partial charge >= 0.3 is 0 Å². The van der Waals surface area contributed by atoms with Crippen LogP contribution in [-0.2, 0) is 13.1 Å². The Labute approximate surface area is 111 Å². The summed E-state index contributed by atoms with van der Waals surface area (Å²) in [6.07, 6.45) is 0.906. The summed E-state index contributed by atoms with van der Waals surface area (Å²) >= 11 is 5.75. The van der Waals surface area contributed by atoms with E-state index in [4.69, 9.17) is 11.6 Å². The predicted octanol–water partition coefficient (Wildman–Crippen LogP) is 2.51. The number of ketones is 1. The van der Waals surface area contributed by atoms with Gasteiger partial charge in [-0.1, -0.05) is 18.2 Å². The van der Waals surface area contributed by atoms with Crippen LogP contribution in [0.25, 0.3) is 10.9 Å². The van der Waals surface area contributed by atoms with Gasteiger partial charge in [-0.2, -0.15) is 0 Å². The van der Waals surface area contributed by atoms with Gasteiger partial charge in [0.15, 0.2) is 5.78 Å².